The number of aryl methyl sites for hydroxylation is 1. The van der Waals surface area contributed by atoms with Gasteiger partial charge in [-0.3, -0.25) is 4.90 Å². The van der Waals surface area contributed by atoms with Crippen LogP contribution in [0.3, 0.4) is 0 Å². The number of thiophene rings is 1. The molecule has 0 spiro atoms. The molecule has 0 bridgehead atoms. The number of piperazine rings is 1. The Labute approximate surface area is 147 Å². The topological polar surface area (TPSA) is 15.3 Å². The molecule has 0 radical (unpaired) electrons. The van der Waals surface area contributed by atoms with Crippen LogP contribution in [0.2, 0.25) is 4.34 Å². The molecule has 2 aromatic rings. The Hall–Kier alpha value is -0.460. The minimum Gasteiger partial charge on any atom is -0.314 e. The van der Waals surface area contributed by atoms with E-state index in [-0.39, 0.29) is 11.9 Å². The van der Waals surface area contributed by atoms with Crippen LogP contribution in [0.1, 0.15) is 22.0 Å². The second kappa shape index (κ2) is 6.97. The van der Waals surface area contributed by atoms with Crippen molar-refractivity contribution in [1.29, 1.82) is 0 Å². The van der Waals surface area contributed by atoms with E-state index in [1.54, 1.807) is 6.92 Å². The molecule has 0 amide bonds. The molecule has 1 fully saturated rings. The minimum absolute atomic E-state index is 0.0872. The second-order valence-corrected chi connectivity index (χ2v) is 8.12. The molecule has 1 aromatic heterocycles. The van der Waals surface area contributed by atoms with E-state index in [2.05, 4.69) is 26.1 Å². The summed E-state index contributed by atoms with van der Waals surface area (Å²) in [7, 11) is 0. The summed E-state index contributed by atoms with van der Waals surface area (Å²) in [5, 5.41) is 3.35. The van der Waals surface area contributed by atoms with Crippen molar-refractivity contribution in [1.82, 2.24) is 10.2 Å². The summed E-state index contributed by atoms with van der Waals surface area (Å²) in [6.07, 6.45) is 0. The van der Waals surface area contributed by atoms with Crippen molar-refractivity contribution < 1.29 is 4.39 Å². The second-order valence-electron chi connectivity index (χ2n) is 5.46. The number of hydrogen-bond acceptors (Lipinski definition) is 3. The lowest BCUT2D eigenvalue weighted by Gasteiger charge is -2.35. The summed E-state index contributed by atoms with van der Waals surface area (Å²) in [5.41, 5.74) is 1.37. The molecular formula is C16H17BrClFN2S. The van der Waals surface area contributed by atoms with Gasteiger partial charge in [-0.1, -0.05) is 27.5 Å². The fourth-order valence-corrected chi connectivity index (χ4v) is 4.70. The zero-order chi connectivity index (χ0) is 15.7. The third kappa shape index (κ3) is 3.39. The van der Waals surface area contributed by atoms with Crippen LogP contribution in [0.25, 0.3) is 0 Å². The minimum atomic E-state index is -0.128. The van der Waals surface area contributed by atoms with Crippen LogP contribution in [0.5, 0.6) is 0 Å². The number of nitrogens with one attached hydrogen (secondary N) is 1. The predicted molar refractivity (Wildman–Crippen MR) is 94.5 cm³/mol. The van der Waals surface area contributed by atoms with Crippen LogP contribution < -0.4 is 5.32 Å². The summed E-state index contributed by atoms with van der Waals surface area (Å²) >= 11 is 11.1. The zero-order valence-corrected chi connectivity index (χ0v) is 15.4. The maximum absolute atomic E-state index is 14.8. The number of benzene rings is 1. The van der Waals surface area contributed by atoms with Gasteiger partial charge in [0.1, 0.15) is 5.82 Å². The highest BCUT2D eigenvalue weighted by Crippen LogP contribution is 2.38. The van der Waals surface area contributed by atoms with Gasteiger partial charge >= 0.3 is 0 Å². The highest BCUT2D eigenvalue weighted by Gasteiger charge is 2.28. The van der Waals surface area contributed by atoms with Crippen molar-refractivity contribution >= 4 is 38.9 Å². The average molecular weight is 404 g/mol. The molecule has 0 unspecified atom stereocenters. The molecule has 1 N–H and O–H groups in total. The van der Waals surface area contributed by atoms with Crippen LogP contribution >= 0.6 is 38.9 Å². The van der Waals surface area contributed by atoms with Gasteiger partial charge in [0.05, 0.1) is 10.4 Å². The van der Waals surface area contributed by atoms with Gasteiger partial charge < -0.3 is 5.32 Å². The van der Waals surface area contributed by atoms with Crippen LogP contribution in [0.15, 0.2) is 28.7 Å². The molecule has 2 heterocycles. The third-order valence-electron chi connectivity index (χ3n) is 3.92. The fraction of sp³-hybridized carbons (Fsp3) is 0.375. The highest BCUT2D eigenvalue weighted by atomic mass is 79.9. The van der Waals surface area contributed by atoms with Gasteiger partial charge in [0.15, 0.2) is 0 Å². The molecule has 118 valence electrons. The Morgan fingerprint density at radius 1 is 1.32 bits per heavy atom. The predicted octanol–water partition coefficient (Wildman–Crippen LogP) is 4.61. The van der Waals surface area contributed by atoms with Crippen molar-refractivity contribution in [2.24, 2.45) is 0 Å². The first-order chi connectivity index (χ1) is 10.6. The van der Waals surface area contributed by atoms with Gasteiger partial charge in [0.2, 0.25) is 0 Å². The summed E-state index contributed by atoms with van der Waals surface area (Å²) < 4.78 is 16.4. The van der Waals surface area contributed by atoms with E-state index >= 15 is 0 Å². The molecule has 0 aliphatic carbocycles. The smallest absolute Gasteiger partial charge is 0.131 e. The third-order valence-corrected chi connectivity index (χ3v) is 5.66. The lowest BCUT2D eigenvalue weighted by molar-refractivity contribution is 0.197. The van der Waals surface area contributed by atoms with Gasteiger partial charge in [-0.05, 0) is 36.8 Å². The van der Waals surface area contributed by atoms with Gasteiger partial charge in [0.25, 0.3) is 0 Å². The van der Waals surface area contributed by atoms with Gasteiger partial charge in [0, 0.05) is 41.1 Å². The monoisotopic (exact) mass is 402 g/mol. The Kier molecular flexibility index (Phi) is 5.20. The zero-order valence-electron chi connectivity index (χ0n) is 12.2. The SMILES string of the molecule is Cc1cc(Br)cc([C@H](c2ccc(Cl)s2)N2CCNCC2)c1F. The average Bonchev–Trinajstić information content (AvgIpc) is 2.92. The fourth-order valence-electron chi connectivity index (χ4n) is 2.90. The molecule has 22 heavy (non-hydrogen) atoms. The summed E-state index contributed by atoms with van der Waals surface area (Å²) in [5.74, 6) is -0.128. The largest absolute Gasteiger partial charge is 0.314 e. The van der Waals surface area contributed by atoms with Crippen molar-refractivity contribution in [3.63, 3.8) is 0 Å². The molecule has 2 nitrogen and oxygen atoms in total. The molecule has 1 aliphatic heterocycles. The van der Waals surface area contributed by atoms with Crippen LogP contribution in [0, 0.1) is 12.7 Å². The first-order valence-corrected chi connectivity index (χ1v) is 9.20. The van der Waals surface area contributed by atoms with Gasteiger partial charge in [-0.25, -0.2) is 4.39 Å². The number of nitrogens with zero attached hydrogens (tertiary/aromatic N) is 1. The van der Waals surface area contributed by atoms with Crippen molar-refractivity contribution in [2.45, 2.75) is 13.0 Å². The van der Waals surface area contributed by atoms with E-state index in [1.807, 2.05) is 24.3 Å². The molecule has 1 aliphatic rings. The molecule has 1 atom stereocenters. The van der Waals surface area contributed by atoms with Crippen molar-refractivity contribution in [3.8, 4) is 0 Å². The van der Waals surface area contributed by atoms with Gasteiger partial charge in [-0.15, -0.1) is 11.3 Å². The van der Waals surface area contributed by atoms with Crippen molar-refractivity contribution in [2.75, 3.05) is 26.2 Å². The molecule has 0 saturated carbocycles. The highest BCUT2D eigenvalue weighted by molar-refractivity contribution is 9.10. The normalized spacial score (nSPS) is 17.6. The molecule has 3 rings (SSSR count). The van der Waals surface area contributed by atoms with E-state index in [1.165, 1.54) is 11.3 Å². The molecular weight excluding hydrogens is 387 g/mol. The number of rotatable bonds is 3. The first kappa shape index (κ1) is 16.4. The Morgan fingerprint density at radius 2 is 2.05 bits per heavy atom. The lowest BCUT2D eigenvalue weighted by Crippen LogP contribution is -2.45. The van der Waals surface area contributed by atoms with Crippen LogP contribution in [0.4, 0.5) is 4.39 Å². The van der Waals surface area contributed by atoms with Crippen molar-refractivity contribution in [3.05, 3.63) is 54.9 Å². The van der Waals surface area contributed by atoms with E-state index < -0.39 is 0 Å². The Bertz CT molecular complexity index is 670. The lowest BCUT2D eigenvalue weighted by atomic mass is 10.00. The van der Waals surface area contributed by atoms with E-state index in [0.717, 1.165) is 39.9 Å². The standard InChI is InChI=1S/C16H17BrClFN2S/c1-10-8-11(17)9-12(15(10)19)16(13-2-3-14(18)22-13)21-6-4-20-5-7-21/h2-3,8-9,16,20H,4-7H2,1H3/t16-/m1/s1. The summed E-state index contributed by atoms with van der Waals surface area (Å²) in [4.78, 5) is 3.41. The van der Waals surface area contributed by atoms with E-state index in [0.29, 0.717) is 11.1 Å². The van der Waals surface area contributed by atoms with E-state index in [9.17, 15) is 4.39 Å². The van der Waals surface area contributed by atoms with Gasteiger partial charge in [-0.2, -0.15) is 0 Å². The Morgan fingerprint density at radius 3 is 2.68 bits per heavy atom. The first-order valence-electron chi connectivity index (χ1n) is 7.22. The van der Waals surface area contributed by atoms with Crippen LogP contribution in [-0.4, -0.2) is 31.1 Å². The number of hydrogen-bond donors (Lipinski definition) is 1. The summed E-state index contributed by atoms with van der Waals surface area (Å²) in [6.45, 7) is 5.44. The van der Waals surface area contributed by atoms with E-state index in [4.69, 9.17) is 11.6 Å². The van der Waals surface area contributed by atoms with Crippen LogP contribution in [-0.2, 0) is 0 Å². The maximum atomic E-state index is 14.8. The number of halogens is 3. The Balaban J connectivity index is 2.08. The quantitative estimate of drug-likeness (QED) is 0.805. The maximum Gasteiger partial charge on any atom is 0.131 e. The molecule has 1 saturated heterocycles. The molecule has 1 aromatic carbocycles. The summed E-state index contributed by atoms with van der Waals surface area (Å²) in [6, 6.07) is 7.52. The molecule has 6 heteroatoms.